The van der Waals surface area contributed by atoms with E-state index >= 15 is 0 Å². The van der Waals surface area contributed by atoms with Gasteiger partial charge in [-0.25, -0.2) is 0 Å². The van der Waals surface area contributed by atoms with Crippen LogP contribution < -0.4 is 10.6 Å². The van der Waals surface area contributed by atoms with E-state index in [9.17, 15) is 4.79 Å². The molecule has 2 aliphatic rings. The molecule has 172 valence electrons. The summed E-state index contributed by atoms with van der Waals surface area (Å²) in [7, 11) is 3.98. The van der Waals surface area contributed by atoms with Crippen LogP contribution in [0.5, 0.6) is 0 Å². The highest BCUT2D eigenvalue weighted by atomic mass is 16.2. The van der Waals surface area contributed by atoms with Crippen LogP contribution in [-0.4, -0.2) is 60.9 Å². The molecule has 1 heterocycles. The number of nitrogens with zero attached hydrogens (tertiary/aromatic N) is 3. The van der Waals surface area contributed by atoms with Gasteiger partial charge in [0, 0.05) is 51.2 Å². The van der Waals surface area contributed by atoms with E-state index in [1.54, 1.807) is 0 Å². The molecule has 0 aromatic heterocycles. The van der Waals surface area contributed by atoms with Crippen LogP contribution in [-0.2, 0) is 17.9 Å². The lowest BCUT2D eigenvalue weighted by Crippen LogP contribution is -2.45. The molecule has 31 heavy (non-hydrogen) atoms. The van der Waals surface area contributed by atoms with Crippen LogP contribution in [0.1, 0.15) is 63.5 Å². The van der Waals surface area contributed by atoms with E-state index in [2.05, 4.69) is 70.6 Å². The van der Waals surface area contributed by atoms with Gasteiger partial charge in [-0.1, -0.05) is 43.5 Å². The highest BCUT2D eigenvalue weighted by molar-refractivity contribution is 5.81. The molecule has 2 N–H and O–H groups in total. The minimum atomic E-state index is 0.255. The molecule has 1 aliphatic heterocycles. The standard InChI is InChI=1S/C25H41N5O/c1-19(2)29(4)17-22-13-9-8-12-21(22)16-27-25(26-3)28-23-14-15-30(18-23)24(31)20-10-6-5-7-11-20/h8-9,12-13,19-20,23H,5-7,10-11,14-18H2,1-4H3,(H2,26,27,28). The molecule has 1 atom stereocenters. The van der Waals surface area contributed by atoms with Crippen LogP contribution in [0, 0.1) is 5.92 Å². The molecular weight excluding hydrogens is 386 g/mol. The van der Waals surface area contributed by atoms with Gasteiger partial charge in [-0.05, 0) is 51.3 Å². The highest BCUT2D eigenvalue weighted by Crippen LogP contribution is 2.26. The molecule has 1 unspecified atom stereocenters. The zero-order valence-corrected chi connectivity index (χ0v) is 19.9. The van der Waals surface area contributed by atoms with Crippen molar-refractivity contribution in [3.8, 4) is 0 Å². The van der Waals surface area contributed by atoms with Crippen molar-refractivity contribution in [3.63, 3.8) is 0 Å². The fourth-order valence-corrected chi connectivity index (χ4v) is 4.59. The summed E-state index contributed by atoms with van der Waals surface area (Å²) in [5, 5.41) is 7.02. The van der Waals surface area contributed by atoms with Crippen molar-refractivity contribution in [2.45, 2.75) is 77.5 Å². The molecule has 3 rings (SSSR count). The topological polar surface area (TPSA) is 60.0 Å². The Morgan fingerprint density at radius 2 is 1.87 bits per heavy atom. The summed E-state index contributed by atoms with van der Waals surface area (Å²) in [6.07, 6.45) is 6.82. The van der Waals surface area contributed by atoms with E-state index in [1.165, 1.54) is 30.4 Å². The maximum Gasteiger partial charge on any atom is 0.225 e. The van der Waals surface area contributed by atoms with Crippen LogP contribution in [0.4, 0.5) is 0 Å². The van der Waals surface area contributed by atoms with Gasteiger partial charge in [0.25, 0.3) is 0 Å². The predicted molar refractivity (Wildman–Crippen MR) is 128 cm³/mol. The lowest BCUT2D eigenvalue weighted by molar-refractivity contribution is -0.135. The maximum atomic E-state index is 12.8. The Kier molecular flexibility index (Phi) is 8.76. The van der Waals surface area contributed by atoms with Gasteiger partial charge in [0.15, 0.2) is 5.96 Å². The zero-order valence-electron chi connectivity index (χ0n) is 19.9. The van der Waals surface area contributed by atoms with E-state index in [4.69, 9.17) is 0 Å². The quantitative estimate of drug-likeness (QED) is 0.517. The molecule has 6 heteroatoms. The summed E-state index contributed by atoms with van der Waals surface area (Å²) in [6.45, 7) is 7.74. The third-order valence-electron chi connectivity index (χ3n) is 6.88. The van der Waals surface area contributed by atoms with Crippen LogP contribution in [0.25, 0.3) is 0 Å². The first-order valence-electron chi connectivity index (χ1n) is 12.0. The molecule has 0 bridgehead atoms. The molecule has 1 aliphatic carbocycles. The van der Waals surface area contributed by atoms with E-state index < -0.39 is 0 Å². The average molecular weight is 428 g/mol. The van der Waals surface area contributed by atoms with Crippen molar-refractivity contribution in [1.82, 2.24) is 20.4 Å². The smallest absolute Gasteiger partial charge is 0.225 e. The molecule has 2 fully saturated rings. The van der Waals surface area contributed by atoms with E-state index in [0.29, 0.717) is 11.9 Å². The van der Waals surface area contributed by atoms with E-state index in [1.807, 2.05) is 7.05 Å². The summed E-state index contributed by atoms with van der Waals surface area (Å²) in [4.78, 5) is 21.7. The first-order valence-corrected chi connectivity index (χ1v) is 12.0. The molecule has 1 aromatic rings. The minimum Gasteiger partial charge on any atom is -0.352 e. The van der Waals surface area contributed by atoms with Crippen molar-refractivity contribution in [2.24, 2.45) is 10.9 Å². The maximum absolute atomic E-state index is 12.8. The average Bonchev–Trinajstić information content (AvgIpc) is 3.26. The van der Waals surface area contributed by atoms with Gasteiger partial charge < -0.3 is 15.5 Å². The fourth-order valence-electron chi connectivity index (χ4n) is 4.59. The summed E-state index contributed by atoms with van der Waals surface area (Å²) < 4.78 is 0. The Morgan fingerprint density at radius 1 is 1.16 bits per heavy atom. The number of nitrogens with one attached hydrogen (secondary N) is 2. The van der Waals surface area contributed by atoms with Gasteiger partial charge in [0.1, 0.15) is 0 Å². The number of guanidine groups is 1. The number of likely N-dealkylation sites (tertiary alicyclic amines) is 1. The number of aliphatic imine (C=N–C) groups is 1. The lowest BCUT2D eigenvalue weighted by atomic mass is 9.88. The number of carbonyl (C=O) groups is 1. The van der Waals surface area contributed by atoms with Crippen molar-refractivity contribution < 1.29 is 4.79 Å². The number of hydrogen-bond acceptors (Lipinski definition) is 3. The van der Waals surface area contributed by atoms with Gasteiger partial charge in [0.2, 0.25) is 5.91 Å². The fraction of sp³-hybridized carbons (Fsp3) is 0.680. The monoisotopic (exact) mass is 427 g/mol. The number of amides is 1. The van der Waals surface area contributed by atoms with Crippen LogP contribution in [0.3, 0.4) is 0 Å². The van der Waals surface area contributed by atoms with Gasteiger partial charge >= 0.3 is 0 Å². The summed E-state index contributed by atoms with van der Waals surface area (Å²) in [5.41, 5.74) is 2.63. The second kappa shape index (κ2) is 11.5. The number of hydrogen-bond donors (Lipinski definition) is 2. The zero-order chi connectivity index (χ0) is 22.2. The van der Waals surface area contributed by atoms with E-state index in [0.717, 1.165) is 51.4 Å². The normalized spacial score (nSPS) is 20.5. The lowest BCUT2D eigenvalue weighted by Gasteiger charge is -2.26. The Hall–Kier alpha value is -2.08. The van der Waals surface area contributed by atoms with Crippen molar-refractivity contribution in [1.29, 1.82) is 0 Å². The summed E-state index contributed by atoms with van der Waals surface area (Å²) >= 11 is 0. The molecule has 1 saturated heterocycles. The Labute approximate surface area is 188 Å². The van der Waals surface area contributed by atoms with E-state index in [-0.39, 0.29) is 12.0 Å². The largest absolute Gasteiger partial charge is 0.352 e. The molecular formula is C25H41N5O. The van der Waals surface area contributed by atoms with Crippen LogP contribution in [0.2, 0.25) is 0 Å². The molecule has 1 saturated carbocycles. The highest BCUT2D eigenvalue weighted by Gasteiger charge is 2.31. The van der Waals surface area contributed by atoms with Crippen molar-refractivity contribution in [2.75, 3.05) is 27.2 Å². The SMILES string of the molecule is CN=C(NCc1ccccc1CN(C)C(C)C)NC1CCN(C(=O)C2CCCCC2)C1. The molecule has 1 aromatic carbocycles. The number of rotatable bonds is 7. The van der Waals surface area contributed by atoms with Crippen molar-refractivity contribution >= 4 is 11.9 Å². The first-order chi connectivity index (χ1) is 15.0. The number of carbonyl (C=O) groups excluding carboxylic acids is 1. The van der Waals surface area contributed by atoms with Gasteiger partial charge in [-0.2, -0.15) is 0 Å². The second-order valence-corrected chi connectivity index (χ2v) is 9.45. The number of benzene rings is 1. The Balaban J connectivity index is 1.50. The molecule has 0 radical (unpaired) electrons. The van der Waals surface area contributed by atoms with Crippen molar-refractivity contribution in [3.05, 3.63) is 35.4 Å². The van der Waals surface area contributed by atoms with Gasteiger partial charge in [0.05, 0.1) is 0 Å². The van der Waals surface area contributed by atoms with Crippen LogP contribution in [0.15, 0.2) is 29.3 Å². The third kappa shape index (κ3) is 6.70. The Bertz CT molecular complexity index is 741. The third-order valence-corrected chi connectivity index (χ3v) is 6.88. The second-order valence-electron chi connectivity index (χ2n) is 9.45. The Morgan fingerprint density at radius 3 is 2.55 bits per heavy atom. The summed E-state index contributed by atoms with van der Waals surface area (Å²) in [6, 6.07) is 9.37. The molecule has 1 amide bonds. The summed E-state index contributed by atoms with van der Waals surface area (Å²) in [5.74, 6) is 1.43. The minimum absolute atomic E-state index is 0.255. The molecule has 6 nitrogen and oxygen atoms in total. The van der Waals surface area contributed by atoms with Crippen LogP contribution >= 0.6 is 0 Å². The first kappa shape index (κ1) is 23.6. The molecule has 0 spiro atoms. The van der Waals surface area contributed by atoms with Gasteiger partial charge in [-0.15, -0.1) is 0 Å². The predicted octanol–water partition coefficient (Wildman–Crippen LogP) is 3.37. The van der Waals surface area contributed by atoms with Gasteiger partial charge in [-0.3, -0.25) is 14.7 Å².